The molecule has 7 heteroatoms. The molecule has 0 aliphatic carbocycles. The normalized spacial score (nSPS) is 19.3. The van der Waals surface area contributed by atoms with Gasteiger partial charge in [0.05, 0.1) is 6.26 Å². The molecule has 2 heterocycles. The Bertz CT molecular complexity index is 483. The quantitative estimate of drug-likeness (QED) is 0.805. The van der Waals surface area contributed by atoms with Gasteiger partial charge in [-0.05, 0) is 13.3 Å². The van der Waals surface area contributed by atoms with Gasteiger partial charge in [0.2, 0.25) is 10.0 Å². The zero-order valence-corrected chi connectivity index (χ0v) is 11.7. The third-order valence-corrected chi connectivity index (χ3v) is 5.08. The molecule has 1 aliphatic heterocycles. The standard InChI is InChI=1S/C10H17N3O2S2/c1-9-8-11-10(16-9)12-4-3-5-13(7-6-12)17(2,14)15/h8H,3-7H2,1-2H3. The van der Waals surface area contributed by atoms with Gasteiger partial charge in [-0.25, -0.2) is 17.7 Å². The lowest BCUT2D eigenvalue weighted by Gasteiger charge is -2.19. The Morgan fingerprint density at radius 1 is 1.29 bits per heavy atom. The van der Waals surface area contributed by atoms with E-state index >= 15 is 0 Å². The van der Waals surface area contributed by atoms with Crippen molar-refractivity contribution in [2.24, 2.45) is 0 Å². The van der Waals surface area contributed by atoms with E-state index in [9.17, 15) is 8.42 Å². The molecule has 0 unspecified atom stereocenters. The minimum Gasteiger partial charge on any atom is -0.347 e. The number of nitrogens with zero attached hydrogens (tertiary/aromatic N) is 3. The van der Waals surface area contributed by atoms with Gasteiger partial charge in [-0.1, -0.05) is 0 Å². The fourth-order valence-corrected chi connectivity index (χ4v) is 3.59. The number of hydrogen-bond acceptors (Lipinski definition) is 5. The molecule has 0 spiro atoms. The number of rotatable bonds is 2. The molecule has 1 saturated heterocycles. The maximum absolute atomic E-state index is 11.5. The smallest absolute Gasteiger partial charge is 0.211 e. The molecule has 5 nitrogen and oxygen atoms in total. The Morgan fingerprint density at radius 3 is 2.65 bits per heavy atom. The van der Waals surface area contributed by atoms with Crippen molar-refractivity contribution in [3.63, 3.8) is 0 Å². The molecule has 1 fully saturated rings. The van der Waals surface area contributed by atoms with Crippen LogP contribution in [-0.4, -0.2) is 50.1 Å². The first-order valence-electron chi connectivity index (χ1n) is 5.59. The number of anilines is 1. The second-order valence-electron chi connectivity index (χ2n) is 4.26. The highest BCUT2D eigenvalue weighted by Crippen LogP contribution is 2.23. The van der Waals surface area contributed by atoms with Gasteiger partial charge in [-0.3, -0.25) is 0 Å². The molecule has 0 radical (unpaired) electrons. The zero-order valence-electron chi connectivity index (χ0n) is 10.1. The number of aryl methyl sites for hydroxylation is 1. The van der Waals surface area contributed by atoms with Crippen LogP contribution in [-0.2, 0) is 10.0 Å². The van der Waals surface area contributed by atoms with Crippen LogP contribution in [0.1, 0.15) is 11.3 Å². The molecule has 1 aromatic heterocycles. The predicted octanol–water partition coefficient (Wildman–Crippen LogP) is 0.923. The van der Waals surface area contributed by atoms with Gasteiger partial charge in [-0.2, -0.15) is 0 Å². The van der Waals surface area contributed by atoms with Gasteiger partial charge >= 0.3 is 0 Å². The number of sulfonamides is 1. The molecule has 0 atom stereocenters. The first-order chi connectivity index (χ1) is 7.97. The highest BCUT2D eigenvalue weighted by atomic mass is 32.2. The van der Waals surface area contributed by atoms with Crippen molar-refractivity contribution in [2.45, 2.75) is 13.3 Å². The fourth-order valence-electron chi connectivity index (χ4n) is 1.91. The summed E-state index contributed by atoms with van der Waals surface area (Å²) in [6.45, 7) is 4.79. The van der Waals surface area contributed by atoms with Crippen LogP contribution in [0.15, 0.2) is 6.20 Å². The Balaban J connectivity index is 2.06. The maximum Gasteiger partial charge on any atom is 0.211 e. The van der Waals surface area contributed by atoms with Gasteiger partial charge in [-0.15, -0.1) is 11.3 Å². The lowest BCUT2D eigenvalue weighted by molar-refractivity contribution is 0.437. The Morgan fingerprint density at radius 2 is 2.06 bits per heavy atom. The van der Waals surface area contributed by atoms with Crippen molar-refractivity contribution < 1.29 is 8.42 Å². The molecule has 1 aliphatic rings. The van der Waals surface area contributed by atoms with E-state index < -0.39 is 10.0 Å². The molecule has 0 amide bonds. The Labute approximate surface area is 106 Å². The molecule has 1 aromatic rings. The minimum absolute atomic E-state index is 0.553. The number of aromatic nitrogens is 1. The zero-order chi connectivity index (χ0) is 12.5. The van der Waals surface area contributed by atoms with Crippen LogP contribution in [0.4, 0.5) is 5.13 Å². The largest absolute Gasteiger partial charge is 0.347 e. The molecule has 96 valence electrons. The molecule has 0 aromatic carbocycles. The number of hydrogen-bond donors (Lipinski definition) is 0. The van der Waals surface area contributed by atoms with Crippen molar-refractivity contribution >= 4 is 26.5 Å². The van der Waals surface area contributed by atoms with Gasteiger partial charge < -0.3 is 4.90 Å². The van der Waals surface area contributed by atoms with Gasteiger partial charge in [0.25, 0.3) is 0 Å². The number of thiazole rings is 1. The Hall–Kier alpha value is -0.660. The predicted molar refractivity (Wildman–Crippen MR) is 70.1 cm³/mol. The second-order valence-corrected chi connectivity index (χ2v) is 7.45. The van der Waals surface area contributed by atoms with E-state index in [0.29, 0.717) is 13.1 Å². The summed E-state index contributed by atoms with van der Waals surface area (Å²) < 4.78 is 24.5. The molecular formula is C10H17N3O2S2. The lowest BCUT2D eigenvalue weighted by atomic mass is 10.4. The SMILES string of the molecule is Cc1cnc(N2CCCN(S(C)(=O)=O)CC2)s1. The average molecular weight is 275 g/mol. The minimum atomic E-state index is -3.06. The summed E-state index contributed by atoms with van der Waals surface area (Å²) in [5.41, 5.74) is 0. The van der Waals surface area contributed by atoms with Crippen molar-refractivity contribution in [1.82, 2.24) is 9.29 Å². The highest BCUT2D eigenvalue weighted by molar-refractivity contribution is 7.88. The van der Waals surface area contributed by atoms with Crippen molar-refractivity contribution in [3.05, 3.63) is 11.1 Å². The molecular weight excluding hydrogens is 258 g/mol. The molecule has 0 bridgehead atoms. The van der Waals surface area contributed by atoms with Crippen molar-refractivity contribution in [1.29, 1.82) is 0 Å². The van der Waals surface area contributed by atoms with E-state index in [0.717, 1.165) is 24.6 Å². The van der Waals surface area contributed by atoms with Crippen LogP contribution in [0.25, 0.3) is 0 Å². The van der Waals surface area contributed by atoms with E-state index in [1.165, 1.54) is 11.1 Å². The third kappa shape index (κ3) is 3.17. The van der Waals surface area contributed by atoms with Gasteiger partial charge in [0.15, 0.2) is 5.13 Å². The molecule has 17 heavy (non-hydrogen) atoms. The van der Waals surface area contributed by atoms with Gasteiger partial charge in [0, 0.05) is 37.3 Å². The summed E-state index contributed by atoms with van der Waals surface area (Å²) in [7, 11) is -3.06. The maximum atomic E-state index is 11.5. The fraction of sp³-hybridized carbons (Fsp3) is 0.700. The molecule has 0 N–H and O–H groups in total. The summed E-state index contributed by atoms with van der Waals surface area (Å²) in [5.74, 6) is 0. The first-order valence-corrected chi connectivity index (χ1v) is 8.26. The highest BCUT2D eigenvalue weighted by Gasteiger charge is 2.22. The van der Waals surface area contributed by atoms with E-state index in [4.69, 9.17) is 0 Å². The summed E-state index contributed by atoms with van der Waals surface area (Å²) in [4.78, 5) is 7.70. The van der Waals surface area contributed by atoms with Crippen LogP contribution in [0.3, 0.4) is 0 Å². The summed E-state index contributed by atoms with van der Waals surface area (Å²) in [6, 6.07) is 0. The van der Waals surface area contributed by atoms with Crippen LogP contribution in [0, 0.1) is 6.92 Å². The molecule has 2 rings (SSSR count). The first kappa shape index (κ1) is 12.8. The van der Waals surface area contributed by atoms with Crippen molar-refractivity contribution in [3.8, 4) is 0 Å². The van der Waals surface area contributed by atoms with E-state index in [-0.39, 0.29) is 0 Å². The van der Waals surface area contributed by atoms with E-state index in [2.05, 4.69) is 9.88 Å². The third-order valence-electron chi connectivity index (χ3n) is 2.80. The second kappa shape index (κ2) is 4.91. The Kier molecular flexibility index (Phi) is 3.70. The van der Waals surface area contributed by atoms with E-state index in [1.54, 1.807) is 15.6 Å². The lowest BCUT2D eigenvalue weighted by Crippen LogP contribution is -2.34. The van der Waals surface area contributed by atoms with Crippen LogP contribution >= 0.6 is 11.3 Å². The summed E-state index contributed by atoms with van der Waals surface area (Å²) >= 11 is 1.66. The monoisotopic (exact) mass is 275 g/mol. The van der Waals surface area contributed by atoms with Crippen LogP contribution < -0.4 is 4.90 Å². The van der Waals surface area contributed by atoms with E-state index in [1.807, 2.05) is 13.1 Å². The van der Waals surface area contributed by atoms with Crippen LogP contribution in [0.2, 0.25) is 0 Å². The summed E-state index contributed by atoms with van der Waals surface area (Å²) in [5, 5.41) is 0.998. The average Bonchev–Trinajstić information content (AvgIpc) is 2.53. The molecule has 0 saturated carbocycles. The topological polar surface area (TPSA) is 53.5 Å². The van der Waals surface area contributed by atoms with Crippen molar-refractivity contribution in [2.75, 3.05) is 37.3 Å². The van der Waals surface area contributed by atoms with Crippen LogP contribution in [0.5, 0.6) is 0 Å². The van der Waals surface area contributed by atoms with Gasteiger partial charge in [0.1, 0.15) is 0 Å². The summed E-state index contributed by atoms with van der Waals surface area (Å²) in [6.07, 6.45) is 3.99.